The number of rotatable bonds is 2. The average Bonchev–Trinajstić information content (AvgIpc) is 2.45. The summed E-state index contributed by atoms with van der Waals surface area (Å²) in [6.45, 7) is 0. The molecule has 1 aromatic heterocycles. The van der Waals surface area contributed by atoms with E-state index in [1.165, 1.54) is 18.3 Å². The van der Waals surface area contributed by atoms with Crippen molar-refractivity contribution >= 4 is 27.7 Å². The van der Waals surface area contributed by atoms with Gasteiger partial charge in [0, 0.05) is 10.7 Å². The Balaban J connectivity index is 2.00. The Morgan fingerprint density at radius 2 is 1.85 bits per heavy atom. The molecule has 20 heavy (non-hydrogen) atoms. The Morgan fingerprint density at radius 3 is 2.50 bits per heavy atom. The zero-order chi connectivity index (χ0) is 14.5. The van der Waals surface area contributed by atoms with Gasteiger partial charge in [-0.25, -0.2) is 4.39 Å². The quantitative estimate of drug-likeness (QED) is 0.824. The molecule has 2 aromatic rings. The number of nitrogens with one attached hydrogen (secondary N) is 2. The molecule has 0 unspecified atom stereocenters. The number of hydrazine groups is 1. The smallest absolute Gasteiger partial charge is 0.267 e. The van der Waals surface area contributed by atoms with Gasteiger partial charge in [-0.05, 0) is 46.3 Å². The fourth-order valence-corrected chi connectivity index (χ4v) is 1.95. The molecule has 0 atom stereocenters. The number of carbonyl (C=O) groups excluding carboxylic acids is 2. The van der Waals surface area contributed by atoms with Crippen molar-refractivity contribution in [3.8, 4) is 0 Å². The standard InChI is InChI=1S/C13H9BrFN3O2/c14-10-7-8(15)4-5-9(10)12(19)17-18-13(20)11-3-1-2-6-16-11/h1-7H,(H,17,19)(H,18,20). The van der Waals surface area contributed by atoms with Gasteiger partial charge in [0.05, 0.1) is 5.56 Å². The van der Waals surface area contributed by atoms with Crippen LogP contribution in [0.2, 0.25) is 0 Å². The fraction of sp³-hybridized carbons (Fsp3) is 0. The second kappa shape index (κ2) is 6.25. The number of hydrogen-bond donors (Lipinski definition) is 2. The molecule has 0 spiro atoms. The third-order valence-electron chi connectivity index (χ3n) is 2.36. The zero-order valence-corrected chi connectivity index (χ0v) is 11.6. The number of aromatic nitrogens is 1. The maximum atomic E-state index is 12.9. The number of benzene rings is 1. The highest BCUT2D eigenvalue weighted by atomic mass is 79.9. The molecule has 1 heterocycles. The van der Waals surface area contributed by atoms with Gasteiger partial charge < -0.3 is 0 Å². The Bertz CT molecular complexity index is 649. The van der Waals surface area contributed by atoms with Gasteiger partial charge in [0.2, 0.25) is 0 Å². The summed E-state index contributed by atoms with van der Waals surface area (Å²) >= 11 is 3.07. The molecule has 0 fully saturated rings. The molecule has 5 nitrogen and oxygen atoms in total. The first-order valence-corrected chi connectivity index (χ1v) is 6.34. The van der Waals surface area contributed by atoms with Gasteiger partial charge in [-0.2, -0.15) is 0 Å². The van der Waals surface area contributed by atoms with Crippen molar-refractivity contribution in [3.63, 3.8) is 0 Å². The second-order valence-corrected chi connectivity index (χ2v) is 4.60. The van der Waals surface area contributed by atoms with Crippen molar-refractivity contribution < 1.29 is 14.0 Å². The Labute approximate surface area is 122 Å². The van der Waals surface area contributed by atoms with Gasteiger partial charge in [0.25, 0.3) is 11.8 Å². The van der Waals surface area contributed by atoms with Crippen LogP contribution >= 0.6 is 15.9 Å². The normalized spacial score (nSPS) is 9.90. The predicted octanol–water partition coefficient (Wildman–Crippen LogP) is 2.06. The van der Waals surface area contributed by atoms with Crippen LogP contribution in [0.1, 0.15) is 20.8 Å². The van der Waals surface area contributed by atoms with Crippen LogP contribution in [0.4, 0.5) is 4.39 Å². The molecule has 0 saturated carbocycles. The molecule has 0 radical (unpaired) electrons. The highest BCUT2D eigenvalue weighted by Gasteiger charge is 2.12. The van der Waals surface area contributed by atoms with Crippen LogP contribution in [0.3, 0.4) is 0 Å². The fourth-order valence-electron chi connectivity index (χ4n) is 1.42. The topological polar surface area (TPSA) is 71.1 Å². The van der Waals surface area contributed by atoms with Crippen LogP contribution in [-0.4, -0.2) is 16.8 Å². The number of pyridine rings is 1. The SMILES string of the molecule is O=C(NNC(=O)c1ccc(F)cc1Br)c1ccccn1. The zero-order valence-electron chi connectivity index (χ0n) is 10.1. The predicted molar refractivity (Wildman–Crippen MR) is 73.3 cm³/mol. The van der Waals surface area contributed by atoms with Crippen molar-refractivity contribution in [2.75, 3.05) is 0 Å². The van der Waals surface area contributed by atoms with Gasteiger partial charge >= 0.3 is 0 Å². The first-order valence-electron chi connectivity index (χ1n) is 5.54. The van der Waals surface area contributed by atoms with Crippen LogP contribution in [0, 0.1) is 5.82 Å². The average molecular weight is 338 g/mol. The lowest BCUT2D eigenvalue weighted by Crippen LogP contribution is -2.42. The van der Waals surface area contributed by atoms with Gasteiger partial charge in [-0.3, -0.25) is 25.4 Å². The molecule has 102 valence electrons. The molecule has 0 aliphatic rings. The molecule has 0 aliphatic carbocycles. The molecule has 2 rings (SSSR count). The maximum absolute atomic E-state index is 12.9. The highest BCUT2D eigenvalue weighted by molar-refractivity contribution is 9.10. The van der Waals surface area contributed by atoms with Crippen molar-refractivity contribution in [2.24, 2.45) is 0 Å². The summed E-state index contributed by atoms with van der Waals surface area (Å²) in [5.41, 5.74) is 4.82. The summed E-state index contributed by atoms with van der Waals surface area (Å²) in [6.07, 6.45) is 1.47. The van der Waals surface area contributed by atoms with Crippen molar-refractivity contribution in [2.45, 2.75) is 0 Å². The molecule has 0 aliphatic heterocycles. The molecular weight excluding hydrogens is 329 g/mol. The first-order chi connectivity index (χ1) is 9.58. The number of amides is 2. The molecule has 0 saturated heterocycles. The Kier molecular flexibility index (Phi) is 4.41. The number of halogens is 2. The van der Waals surface area contributed by atoms with Gasteiger partial charge in [-0.1, -0.05) is 6.07 Å². The van der Waals surface area contributed by atoms with Crippen molar-refractivity contribution in [1.82, 2.24) is 15.8 Å². The first kappa shape index (κ1) is 14.1. The van der Waals surface area contributed by atoms with E-state index in [2.05, 4.69) is 31.8 Å². The summed E-state index contributed by atoms with van der Waals surface area (Å²) < 4.78 is 13.2. The van der Waals surface area contributed by atoms with Crippen LogP contribution in [0.5, 0.6) is 0 Å². The summed E-state index contributed by atoms with van der Waals surface area (Å²) in [7, 11) is 0. The van der Waals surface area contributed by atoms with E-state index in [1.807, 2.05) is 0 Å². The lowest BCUT2D eigenvalue weighted by atomic mass is 10.2. The Hall–Kier alpha value is -2.28. The summed E-state index contributed by atoms with van der Waals surface area (Å²) in [5, 5.41) is 0. The van der Waals surface area contributed by atoms with E-state index >= 15 is 0 Å². The largest absolute Gasteiger partial charge is 0.288 e. The van der Waals surface area contributed by atoms with E-state index in [0.717, 1.165) is 12.1 Å². The van der Waals surface area contributed by atoms with Gasteiger partial charge in [-0.15, -0.1) is 0 Å². The maximum Gasteiger partial charge on any atom is 0.288 e. The highest BCUT2D eigenvalue weighted by Crippen LogP contribution is 2.17. The van der Waals surface area contributed by atoms with Crippen molar-refractivity contribution in [1.29, 1.82) is 0 Å². The van der Waals surface area contributed by atoms with E-state index in [-0.39, 0.29) is 11.3 Å². The Morgan fingerprint density at radius 1 is 1.10 bits per heavy atom. The third kappa shape index (κ3) is 3.39. The van der Waals surface area contributed by atoms with E-state index in [9.17, 15) is 14.0 Å². The molecule has 2 N–H and O–H groups in total. The van der Waals surface area contributed by atoms with Crippen LogP contribution in [0.15, 0.2) is 47.1 Å². The molecule has 0 bridgehead atoms. The minimum atomic E-state index is -0.568. The molecule has 2 amide bonds. The minimum absolute atomic E-state index is 0.172. The van der Waals surface area contributed by atoms with Crippen molar-refractivity contribution in [3.05, 3.63) is 64.1 Å². The van der Waals surface area contributed by atoms with Gasteiger partial charge in [0.1, 0.15) is 11.5 Å². The molecule has 1 aromatic carbocycles. The summed E-state index contributed by atoms with van der Waals surface area (Å²) in [6, 6.07) is 8.46. The van der Waals surface area contributed by atoms with E-state index in [0.29, 0.717) is 4.47 Å². The van der Waals surface area contributed by atoms with E-state index in [4.69, 9.17) is 0 Å². The lowest BCUT2D eigenvalue weighted by Gasteiger charge is -2.08. The molecule has 7 heteroatoms. The van der Waals surface area contributed by atoms with E-state index < -0.39 is 17.6 Å². The summed E-state index contributed by atoms with van der Waals surface area (Å²) in [5.74, 6) is -1.58. The monoisotopic (exact) mass is 337 g/mol. The minimum Gasteiger partial charge on any atom is -0.267 e. The molecular formula is C13H9BrFN3O2. The second-order valence-electron chi connectivity index (χ2n) is 3.75. The van der Waals surface area contributed by atoms with Crippen LogP contribution in [-0.2, 0) is 0 Å². The number of carbonyl (C=O) groups is 2. The third-order valence-corrected chi connectivity index (χ3v) is 3.02. The number of nitrogens with zero attached hydrogens (tertiary/aromatic N) is 1. The van der Waals surface area contributed by atoms with Crippen LogP contribution in [0.25, 0.3) is 0 Å². The summed E-state index contributed by atoms with van der Waals surface area (Å²) in [4.78, 5) is 27.3. The van der Waals surface area contributed by atoms with E-state index in [1.54, 1.807) is 12.1 Å². The number of hydrogen-bond acceptors (Lipinski definition) is 3. The lowest BCUT2D eigenvalue weighted by molar-refractivity contribution is 0.0843. The van der Waals surface area contributed by atoms with Crippen LogP contribution < -0.4 is 10.9 Å². The van der Waals surface area contributed by atoms with Gasteiger partial charge in [0.15, 0.2) is 0 Å².